The Morgan fingerprint density at radius 3 is 1.85 bits per heavy atom. The van der Waals surface area contributed by atoms with Crippen LogP contribution < -0.4 is 49.1 Å². The van der Waals surface area contributed by atoms with Gasteiger partial charge in [0.05, 0.1) is 6.42 Å². The van der Waals surface area contributed by atoms with E-state index in [9.17, 15) is 48.3 Å². The minimum atomic E-state index is -1.55. The van der Waals surface area contributed by atoms with E-state index in [2.05, 4.69) is 36.9 Å². The van der Waals surface area contributed by atoms with Gasteiger partial charge in [-0.2, -0.15) is 0 Å². The zero-order chi connectivity index (χ0) is 47.6. The number of rotatable bonds is 24. The van der Waals surface area contributed by atoms with Crippen molar-refractivity contribution >= 4 is 59.2 Å². The number of nitrogens with two attached hydrogens (primary N) is 3. The Kier molecular flexibility index (Phi) is 19.2. The van der Waals surface area contributed by atoms with E-state index in [4.69, 9.17) is 17.2 Å². The molecule has 21 heteroatoms. The zero-order valence-corrected chi connectivity index (χ0v) is 36.6. The lowest BCUT2D eigenvalue weighted by molar-refractivity contribution is -0.146. The minimum absolute atomic E-state index is 0.0327. The van der Waals surface area contributed by atoms with E-state index >= 15 is 0 Å². The van der Waals surface area contributed by atoms with E-state index in [0.29, 0.717) is 12.0 Å². The van der Waals surface area contributed by atoms with Gasteiger partial charge in [0, 0.05) is 32.4 Å². The summed E-state index contributed by atoms with van der Waals surface area (Å²) in [5, 5.41) is 25.4. The van der Waals surface area contributed by atoms with Crippen LogP contribution in [-0.2, 0) is 56.0 Å². The Bertz CT molecular complexity index is 2050. The summed E-state index contributed by atoms with van der Waals surface area (Å²) in [6.45, 7) is 3.83. The first-order valence-corrected chi connectivity index (χ1v) is 21.7. The number of nitrogens with zero attached hydrogens (tertiary/aromatic N) is 2. The molecule has 2 aromatic carbocycles. The Balaban J connectivity index is 1.54. The molecule has 7 unspecified atom stereocenters. The molecule has 0 saturated carbocycles. The van der Waals surface area contributed by atoms with Crippen LogP contribution in [0.25, 0.3) is 0 Å². The van der Waals surface area contributed by atoms with Gasteiger partial charge in [0.2, 0.25) is 47.3 Å². The fraction of sp³-hybridized carbons (Fsp3) is 0.500. The monoisotopic (exact) mass is 903 g/mol. The lowest BCUT2D eigenvalue weighted by atomic mass is 10.00. The summed E-state index contributed by atoms with van der Waals surface area (Å²) >= 11 is 0. The first-order valence-electron chi connectivity index (χ1n) is 21.7. The van der Waals surface area contributed by atoms with E-state index in [-0.39, 0.29) is 82.2 Å². The zero-order valence-electron chi connectivity index (χ0n) is 36.6. The average Bonchev–Trinajstić information content (AvgIpc) is 3.93. The molecule has 21 nitrogen and oxygen atoms in total. The van der Waals surface area contributed by atoms with Gasteiger partial charge in [0.25, 0.3) is 0 Å². The van der Waals surface area contributed by atoms with E-state index in [1.54, 1.807) is 60.7 Å². The summed E-state index contributed by atoms with van der Waals surface area (Å²) < 4.78 is 0. The molecule has 2 saturated heterocycles. The highest BCUT2D eigenvalue weighted by atomic mass is 16.4. The van der Waals surface area contributed by atoms with Gasteiger partial charge in [-0.25, -0.2) is 0 Å². The number of benzene rings is 2. The molecule has 0 bridgehead atoms. The Morgan fingerprint density at radius 2 is 1.29 bits per heavy atom. The number of primary amides is 1. The van der Waals surface area contributed by atoms with Crippen LogP contribution >= 0.6 is 0 Å². The molecule has 2 aliphatic rings. The van der Waals surface area contributed by atoms with Gasteiger partial charge in [0.15, 0.2) is 5.96 Å². The van der Waals surface area contributed by atoms with Crippen LogP contribution in [0.5, 0.6) is 0 Å². The van der Waals surface area contributed by atoms with Crippen molar-refractivity contribution in [2.45, 2.75) is 120 Å². The molecule has 352 valence electrons. The molecule has 0 radical (unpaired) electrons. The number of hydrogen-bond acceptors (Lipinski definition) is 10. The fourth-order valence-electron chi connectivity index (χ4n) is 7.65. The first-order chi connectivity index (χ1) is 30.9. The number of aliphatic imine (C=N–C) groups is 1. The number of carboxylic acids is 1. The van der Waals surface area contributed by atoms with Crippen molar-refractivity contribution in [1.82, 2.24) is 36.8 Å². The SMILES string of the molecule is CC(C)CC(NC(=O)C(Cc1ccccc1)NC(=O)C1CCCN1C(=O)C(CC(=O)O)NC(=O)C1CCC(=O)N1)C(=O)NC(CCCN=C(N)N)C(=O)NC(Cc1ccccc1)C(N)=O. The van der Waals surface area contributed by atoms with Crippen molar-refractivity contribution in [2.75, 3.05) is 13.1 Å². The first kappa shape index (κ1) is 50.6. The summed E-state index contributed by atoms with van der Waals surface area (Å²) in [5.74, 6) is -7.32. The van der Waals surface area contributed by atoms with Crippen molar-refractivity contribution in [2.24, 2.45) is 28.1 Å². The highest BCUT2D eigenvalue weighted by Gasteiger charge is 2.41. The predicted octanol–water partition coefficient (Wildman–Crippen LogP) is -1.77. The highest BCUT2D eigenvalue weighted by Crippen LogP contribution is 2.21. The topological polar surface area (TPSA) is 340 Å². The second kappa shape index (κ2) is 24.7. The molecular weight excluding hydrogens is 843 g/mol. The van der Waals surface area contributed by atoms with Crippen molar-refractivity contribution in [1.29, 1.82) is 0 Å². The maximum absolute atomic E-state index is 14.3. The standard InChI is InChI=1S/C44H61N11O10/c1-25(2)21-31(40(62)50-28(15-9-19-48-44(46)47)38(60)51-30(37(45)59)22-26-11-5-3-6-12-26)52-41(63)32(23-27-13-7-4-8-14-27)53-42(64)34-16-10-20-55(34)43(65)33(24-36(57)58)54-39(61)29-17-18-35(56)49-29/h3-8,11-14,25,28-34H,9-10,15-24H2,1-2H3,(H2,45,59)(H,49,56)(H,50,62)(H,51,60)(H,52,63)(H,53,64)(H,54,61)(H,57,58)(H4,46,47,48). The Morgan fingerprint density at radius 1 is 0.738 bits per heavy atom. The van der Waals surface area contributed by atoms with E-state index in [1.807, 2.05) is 13.8 Å². The molecule has 4 rings (SSSR count). The number of amides is 8. The average molecular weight is 904 g/mol. The van der Waals surface area contributed by atoms with Crippen molar-refractivity contribution in [3.8, 4) is 0 Å². The number of likely N-dealkylation sites (tertiary alicyclic amines) is 1. The largest absolute Gasteiger partial charge is 0.481 e. The van der Waals surface area contributed by atoms with Gasteiger partial charge < -0.3 is 59.1 Å². The summed E-state index contributed by atoms with van der Waals surface area (Å²) in [6.07, 6.45) is 0.432. The molecule has 2 aromatic rings. The van der Waals surface area contributed by atoms with Crippen molar-refractivity contribution < 1.29 is 48.3 Å². The number of nitrogens with one attached hydrogen (secondary N) is 6. The third-order valence-electron chi connectivity index (χ3n) is 10.9. The lowest BCUT2D eigenvalue weighted by Gasteiger charge is -2.30. The van der Waals surface area contributed by atoms with Crippen LogP contribution in [0.1, 0.15) is 76.3 Å². The number of hydrogen-bond donors (Lipinski definition) is 10. The number of aliphatic carboxylic acids is 1. The molecule has 0 aromatic heterocycles. The fourth-order valence-corrected chi connectivity index (χ4v) is 7.65. The third kappa shape index (κ3) is 16.2. The van der Waals surface area contributed by atoms with Crippen LogP contribution in [0.3, 0.4) is 0 Å². The second-order valence-electron chi connectivity index (χ2n) is 16.6. The van der Waals surface area contributed by atoms with Crippen molar-refractivity contribution in [3.63, 3.8) is 0 Å². The summed E-state index contributed by atoms with van der Waals surface area (Å²) in [7, 11) is 0. The van der Waals surface area contributed by atoms with Gasteiger partial charge in [-0.3, -0.25) is 48.1 Å². The number of carbonyl (C=O) groups excluding carboxylic acids is 8. The van der Waals surface area contributed by atoms with Crippen LogP contribution in [0.2, 0.25) is 0 Å². The molecule has 13 N–H and O–H groups in total. The van der Waals surface area contributed by atoms with Gasteiger partial charge in [-0.1, -0.05) is 74.5 Å². The van der Waals surface area contributed by atoms with Crippen molar-refractivity contribution in [3.05, 3.63) is 71.8 Å². The molecule has 2 fully saturated rings. The summed E-state index contributed by atoms with van der Waals surface area (Å²) in [5.41, 5.74) is 18.0. The highest BCUT2D eigenvalue weighted by molar-refractivity contribution is 5.99. The summed E-state index contributed by atoms with van der Waals surface area (Å²) in [4.78, 5) is 124. The molecule has 7 atom stereocenters. The molecule has 8 amide bonds. The summed E-state index contributed by atoms with van der Waals surface area (Å²) in [6, 6.07) is 9.13. The number of carbonyl (C=O) groups is 9. The van der Waals surface area contributed by atoms with Crippen LogP contribution in [0, 0.1) is 5.92 Å². The molecule has 65 heavy (non-hydrogen) atoms. The quantitative estimate of drug-likeness (QED) is 0.0318. The van der Waals surface area contributed by atoms with Crippen LogP contribution in [0.15, 0.2) is 65.7 Å². The van der Waals surface area contributed by atoms with Gasteiger partial charge in [-0.15, -0.1) is 0 Å². The maximum atomic E-state index is 14.3. The Labute approximate surface area is 376 Å². The molecule has 2 aliphatic heterocycles. The Hall–Kier alpha value is -7.06. The van der Waals surface area contributed by atoms with E-state index in [1.165, 1.54) is 4.90 Å². The third-order valence-corrected chi connectivity index (χ3v) is 10.9. The normalized spacial score (nSPS) is 17.9. The maximum Gasteiger partial charge on any atom is 0.305 e. The number of guanidine groups is 1. The molecule has 0 spiro atoms. The van der Waals surface area contributed by atoms with Crippen LogP contribution in [0.4, 0.5) is 0 Å². The molecule has 0 aliphatic carbocycles. The van der Waals surface area contributed by atoms with Crippen LogP contribution in [-0.4, -0.2) is 125 Å². The second-order valence-corrected chi connectivity index (χ2v) is 16.6. The van der Waals surface area contributed by atoms with Gasteiger partial charge >= 0.3 is 5.97 Å². The smallest absolute Gasteiger partial charge is 0.305 e. The van der Waals surface area contributed by atoms with Gasteiger partial charge in [0.1, 0.15) is 42.3 Å². The van der Waals surface area contributed by atoms with E-state index in [0.717, 1.165) is 5.56 Å². The minimum Gasteiger partial charge on any atom is -0.481 e. The number of carboxylic acid groups (broad SMARTS) is 1. The molecular formula is C44H61N11O10. The molecule has 2 heterocycles. The predicted molar refractivity (Wildman–Crippen MR) is 237 cm³/mol. The van der Waals surface area contributed by atoms with E-state index < -0.39 is 96.0 Å². The van der Waals surface area contributed by atoms with Gasteiger partial charge in [-0.05, 0) is 55.6 Å². The lowest BCUT2D eigenvalue weighted by Crippen LogP contribution is -2.60.